The molecule has 78 valence electrons. The largest absolute Gasteiger partial charge is 0.241 e. The smallest absolute Gasteiger partial charge is 0.143 e. The fourth-order valence-electron chi connectivity index (χ4n) is 1.20. The first-order chi connectivity index (χ1) is 7.20. The fourth-order valence-corrected chi connectivity index (χ4v) is 1.46. The van der Waals surface area contributed by atoms with E-state index < -0.39 is 5.82 Å². The SMILES string of the molecule is Fc1cc(-n2ccc(CCl)n2)ccc1Cl. The van der Waals surface area contributed by atoms with Crippen LogP contribution in [0.1, 0.15) is 5.69 Å². The molecule has 15 heavy (non-hydrogen) atoms. The summed E-state index contributed by atoms with van der Waals surface area (Å²) < 4.78 is 14.7. The van der Waals surface area contributed by atoms with E-state index in [0.717, 1.165) is 5.69 Å². The highest BCUT2D eigenvalue weighted by molar-refractivity contribution is 6.30. The van der Waals surface area contributed by atoms with Crippen LogP contribution in [0.25, 0.3) is 5.69 Å². The van der Waals surface area contributed by atoms with Crippen molar-refractivity contribution in [2.45, 2.75) is 5.88 Å². The van der Waals surface area contributed by atoms with Gasteiger partial charge < -0.3 is 0 Å². The molecule has 5 heteroatoms. The predicted molar refractivity (Wildman–Crippen MR) is 58.1 cm³/mol. The molecule has 0 aliphatic heterocycles. The molecule has 1 aromatic carbocycles. The zero-order chi connectivity index (χ0) is 10.8. The summed E-state index contributed by atoms with van der Waals surface area (Å²) >= 11 is 11.2. The monoisotopic (exact) mass is 244 g/mol. The molecule has 0 saturated heterocycles. The topological polar surface area (TPSA) is 17.8 Å². The van der Waals surface area contributed by atoms with Crippen LogP contribution in [0.2, 0.25) is 5.02 Å². The maximum absolute atomic E-state index is 13.2. The van der Waals surface area contributed by atoms with E-state index in [4.69, 9.17) is 23.2 Å². The molecule has 0 radical (unpaired) electrons. The van der Waals surface area contributed by atoms with Gasteiger partial charge in [-0.05, 0) is 18.2 Å². The first-order valence-corrected chi connectivity index (χ1v) is 5.18. The van der Waals surface area contributed by atoms with Crippen LogP contribution in [-0.2, 0) is 5.88 Å². The van der Waals surface area contributed by atoms with E-state index in [1.807, 2.05) is 0 Å². The minimum absolute atomic E-state index is 0.100. The van der Waals surface area contributed by atoms with Crippen LogP contribution in [-0.4, -0.2) is 9.78 Å². The number of benzene rings is 1. The van der Waals surface area contributed by atoms with Crippen molar-refractivity contribution in [3.63, 3.8) is 0 Å². The Morgan fingerprint density at radius 2 is 2.13 bits per heavy atom. The predicted octanol–water partition coefficient (Wildman–Crippen LogP) is 3.40. The van der Waals surface area contributed by atoms with Gasteiger partial charge in [0.15, 0.2) is 0 Å². The van der Waals surface area contributed by atoms with Gasteiger partial charge in [-0.3, -0.25) is 0 Å². The third-order valence-corrected chi connectivity index (χ3v) is 2.53. The minimum Gasteiger partial charge on any atom is -0.241 e. The standard InChI is InChI=1S/C10H7Cl2FN2/c11-6-7-3-4-15(14-7)8-1-2-9(12)10(13)5-8/h1-5H,6H2. The molecule has 0 amide bonds. The lowest BCUT2D eigenvalue weighted by Crippen LogP contribution is -1.96. The molecule has 2 rings (SSSR count). The fraction of sp³-hybridized carbons (Fsp3) is 0.100. The van der Waals surface area contributed by atoms with Crippen molar-refractivity contribution < 1.29 is 4.39 Å². The van der Waals surface area contributed by atoms with Crippen molar-refractivity contribution in [1.82, 2.24) is 9.78 Å². The van der Waals surface area contributed by atoms with Gasteiger partial charge in [0, 0.05) is 12.3 Å². The van der Waals surface area contributed by atoms with Crippen LogP contribution < -0.4 is 0 Å². The lowest BCUT2D eigenvalue weighted by atomic mass is 10.3. The van der Waals surface area contributed by atoms with E-state index in [1.54, 1.807) is 23.0 Å². The molecule has 0 N–H and O–H groups in total. The summed E-state index contributed by atoms with van der Waals surface area (Å²) in [5, 5.41) is 4.25. The van der Waals surface area contributed by atoms with E-state index in [9.17, 15) is 4.39 Å². The number of halogens is 3. The van der Waals surface area contributed by atoms with Gasteiger partial charge in [-0.2, -0.15) is 5.10 Å². The molecule has 0 aliphatic carbocycles. The third kappa shape index (κ3) is 2.13. The molecule has 2 nitrogen and oxygen atoms in total. The van der Waals surface area contributed by atoms with E-state index in [2.05, 4.69) is 5.10 Å². The molecular weight excluding hydrogens is 238 g/mol. The van der Waals surface area contributed by atoms with Crippen molar-refractivity contribution in [2.75, 3.05) is 0 Å². The van der Waals surface area contributed by atoms with E-state index in [1.165, 1.54) is 12.1 Å². The molecule has 0 unspecified atom stereocenters. The quantitative estimate of drug-likeness (QED) is 0.741. The summed E-state index contributed by atoms with van der Waals surface area (Å²) in [5.74, 6) is -0.125. The van der Waals surface area contributed by atoms with Gasteiger partial charge in [0.05, 0.1) is 22.3 Å². The summed E-state index contributed by atoms with van der Waals surface area (Å²) in [7, 11) is 0. The highest BCUT2D eigenvalue weighted by Crippen LogP contribution is 2.18. The molecule has 1 heterocycles. The first kappa shape index (κ1) is 10.5. The maximum atomic E-state index is 13.2. The Balaban J connectivity index is 2.40. The second-order valence-electron chi connectivity index (χ2n) is 2.98. The van der Waals surface area contributed by atoms with Gasteiger partial charge in [-0.15, -0.1) is 11.6 Å². The lowest BCUT2D eigenvalue weighted by Gasteiger charge is -2.01. The Bertz CT molecular complexity index is 482. The zero-order valence-electron chi connectivity index (χ0n) is 7.62. The van der Waals surface area contributed by atoms with Crippen molar-refractivity contribution in [3.05, 3.63) is 47.0 Å². The number of rotatable bonds is 2. The molecule has 0 bridgehead atoms. The molecule has 1 aromatic heterocycles. The van der Waals surface area contributed by atoms with Crippen molar-refractivity contribution in [2.24, 2.45) is 0 Å². The number of nitrogens with zero attached hydrogens (tertiary/aromatic N) is 2. The summed E-state index contributed by atoms with van der Waals surface area (Å²) in [6, 6.07) is 6.29. The van der Waals surface area contributed by atoms with Gasteiger partial charge >= 0.3 is 0 Å². The molecule has 0 saturated carbocycles. The molecule has 2 aromatic rings. The van der Waals surface area contributed by atoms with Crippen LogP contribution in [0, 0.1) is 5.82 Å². The van der Waals surface area contributed by atoms with E-state index in [-0.39, 0.29) is 5.02 Å². The third-order valence-electron chi connectivity index (χ3n) is 1.95. The van der Waals surface area contributed by atoms with Crippen LogP contribution in [0.5, 0.6) is 0 Å². The molecule has 0 fully saturated rings. The summed E-state index contributed by atoms with van der Waals surface area (Å²) in [6.07, 6.45) is 1.72. The Labute approximate surface area is 96.2 Å². The average molecular weight is 245 g/mol. The molecule has 0 atom stereocenters. The Hall–Kier alpha value is -1.06. The lowest BCUT2D eigenvalue weighted by molar-refractivity contribution is 0.625. The molecule has 0 aliphatic rings. The molecule has 0 spiro atoms. The van der Waals surface area contributed by atoms with Crippen LogP contribution in [0.15, 0.2) is 30.5 Å². The minimum atomic E-state index is -0.461. The van der Waals surface area contributed by atoms with Gasteiger partial charge in [-0.25, -0.2) is 9.07 Å². The highest BCUT2D eigenvalue weighted by atomic mass is 35.5. The summed E-state index contributed by atoms with van der Waals surface area (Å²) in [6.45, 7) is 0. The first-order valence-electron chi connectivity index (χ1n) is 4.26. The normalized spacial score (nSPS) is 10.6. The average Bonchev–Trinajstić information content (AvgIpc) is 2.70. The van der Waals surface area contributed by atoms with Crippen molar-refractivity contribution >= 4 is 23.2 Å². The van der Waals surface area contributed by atoms with Crippen LogP contribution >= 0.6 is 23.2 Å². The van der Waals surface area contributed by atoms with Gasteiger partial charge in [0.1, 0.15) is 5.82 Å². The molecular formula is C10H7Cl2FN2. The van der Waals surface area contributed by atoms with Crippen molar-refractivity contribution in [3.8, 4) is 5.69 Å². The number of alkyl halides is 1. The summed E-state index contributed by atoms with van der Waals surface area (Å²) in [4.78, 5) is 0. The second kappa shape index (κ2) is 4.21. The Morgan fingerprint density at radius 1 is 1.33 bits per heavy atom. The van der Waals surface area contributed by atoms with Gasteiger partial charge in [-0.1, -0.05) is 11.6 Å². The number of hydrogen-bond donors (Lipinski definition) is 0. The highest BCUT2D eigenvalue weighted by Gasteiger charge is 2.04. The second-order valence-corrected chi connectivity index (χ2v) is 3.66. The van der Waals surface area contributed by atoms with Gasteiger partial charge in [0.2, 0.25) is 0 Å². The summed E-state index contributed by atoms with van der Waals surface area (Å²) in [5.41, 5.74) is 1.36. The van der Waals surface area contributed by atoms with E-state index >= 15 is 0 Å². The number of aromatic nitrogens is 2. The van der Waals surface area contributed by atoms with Gasteiger partial charge in [0.25, 0.3) is 0 Å². The Kier molecular flexibility index (Phi) is 2.93. The van der Waals surface area contributed by atoms with Crippen molar-refractivity contribution in [1.29, 1.82) is 0 Å². The van der Waals surface area contributed by atoms with E-state index in [0.29, 0.717) is 11.6 Å². The maximum Gasteiger partial charge on any atom is 0.143 e. The van der Waals surface area contributed by atoms with Crippen LogP contribution in [0.4, 0.5) is 4.39 Å². The Morgan fingerprint density at radius 3 is 2.73 bits per heavy atom. The number of hydrogen-bond acceptors (Lipinski definition) is 1. The zero-order valence-corrected chi connectivity index (χ0v) is 9.13. The van der Waals surface area contributed by atoms with Crippen LogP contribution in [0.3, 0.4) is 0 Å².